The number of amides is 1. The van der Waals surface area contributed by atoms with E-state index in [1.165, 1.54) is 17.2 Å². The summed E-state index contributed by atoms with van der Waals surface area (Å²) >= 11 is 0. The molecule has 3 aliphatic heterocycles. The lowest BCUT2D eigenvalue weighted by atomic mass is 9.87. The van der Waals surface area contributed by atoms with Crippen LogP contribution in [0.4, 0.5) is 4.39 Å². The van der Waals surface area contributed by atoms with Gasteiger partial charge in [-0.2, -0.15) is 0 Å². The van der Waals surface area contributed by atoms with Crippen LogP contribution in [0.5, 0.6) is 0 Å². The molecule has 4 atom stereocenters. The molecule has 0 aliphatic carbocycles. The minimum absolute atomic E-state index is 0.204. The normalized spacial score (nSPS) is 31.5. The summed E-state index contributed by atoms with van der Waals surface area (Å²) in [4.78, 5) is 26.1. The fraction of sp³-hybridized carbons (Fsp3) is 0.786. The molecule has 6 nitrogen and oxygen atoms in total. The molecule has 0 aromatic heterocycles. The Morgan fingerprint density at radius 3 is 2.08 bits per heavy atom. The minimum atomic E-state index is -2.73. The van der Waals surface area contributed by atoms with Crippen LogP contribution in [0.15, 0.2) is 12.3 Å². The first kappa shape index (κ1) is 31.4. The van der Waals surface area contributed by atoms with E-state index in [1.54, 1.807) is 0 Å². The number of hydrogen-bond donors (Lipinski definition) is 0. The molecule has 3 aliphatic rings. The van der Waals surface area contributed by atoms with E-state index in [2.05, 4.69) is 86.5 Å². The van der Waals surface area contributed by atoms with E-state index >= 15 is 4.39 Å². The van der Waals surface area contributed by atoms with Crippen LogP contribution < -0.4 is 0 Å². The Morgan fingerprint density at radius 2 is 1.61 bits per heavy atom. The van der Waals surface area contributed by atoms with Crippen molar-refractivity contribution < 1.29 is 27.3 Å². The SMILES string of the molecule is CC(C)[Si]1(C(C)C)C[C@@H]2[C@@H](CO[Si](C(C)C)(C(C)C)O1)O[C@@H](N1C=CC(=O)CC1=O)[C@@]2(F)C#C[Si](C)(C)C. The molecular weight excluding hydrogens is 534 g/mol. The molecule has 214 valence electrons. The zero-order valence-electron chi connectivity index (χ0n) is 25.2. The van der Waals surface area contributed by atoms with Crippen LogP contribution in [0.1, 0.15) is 61.8 Å². The third kappa shape index (κ3) is 5.70. The Hall–Kier alpha value is -1.10. The van der Waals surface area contributed by atoms with Crippen LogP contribution in [0.25, 0.3) is 0 Å². The van der Waals surface area contributed by atoms with Crippen LogP contribution in [0.3, 0.4) is 0 Å². The fourth-order valence-electron chi connectivity index (χ4n) is 6.24. The molecule has 10 heteroatoms. The third-order valence-corrected chi connectivity index (χ3v) is 21.0. The van der Waals surface area contributed by atoms with E-state index in [-0.39, 0.29) is 41.0 Å². The van der Waals surface area contributed by atoms with Gasteiger partial charge in [-0.15, -0.1) is 5.54 Å². The van der Waals surface area contributed by atoms with Crippen molar-refractivity contribution in [2.24, 2.45) is 5.92 Å². The lowest BCUT2D eigenvalue weighted by Crippen LogP contribution is -2.63. The van der Waals surface area contributed by atoms with Gasteiger partial charge < -0.3 is 13.3 Å². The maximum atomic E-state index is 17.7. The molecule has 38 heavy (non-hydrogen) atoms. The quantitative estimate of drug-likeness (QED) is 0.216. The number of fused-ring (bicyclic) bond motifs is 1. The van der Waals surface area contributed by atoms with Crippen LogP contribution in [-0.4, -0.2) is 66.2 Å². The lowest BCUT2D eigenvalue weighted by Gasteiger charge is -2.52. The van der Waals surface area contributed by atoms with Gasteiger partial charge in [0.15, 0.2) is 20.3 Å². The van der Waals surface area contributed by atoms with Gasteiger partial charge in [-0.25, -0.2) is 4.39 Å². The van der Waals surface area contributed by atoms with E-state index in [4.69, 9.17) is 13.3 Å². The molecule has 2 fully saturated rings. The van der Waals surface area contributed by atoms with Gasteiger partial charge >= 0.3 is 8.56 Å². The molecular formula is C28H48FNO5Si3. The average Bonchev–Trinajstić information content (AvgIpc) is 3.02. The van der Waals surface area contributed by atoms with E-state index in [1.807, 2.05) is 0 Å². The molecule has 0 spiro atoms. The Morgan fingerprint density at radius 1 is 1.03 bits per heavy atom. The first-order valence-corrected chi connectivity index (χ1v) is 21.9. The molecule has 3 heterocycles. The fourth-order valence-corrected chi connectivity index (χ4v) is 19.5. The van der Waals surface area contributed by atoms with Crippen molar-refractivity contribution in [1.29, 1.82) is 0 Å². The van der Waals surface area contributed by atoms with Gasteiger partial charge in [0.05, 0.1) is 19.1 Å². The number of hydrogen-bond acceptors (Lipinski definition) is 5. The Labute approximate surface area is 232 Å². The van der Waals surface area contributed by atoms with Crippen LogP contribution in [0, 0.1) is 17.4 Å². The van der Waals surface area contributed by atoms with Crippen LogP contribution >= 0.6 is 0 Å². The molecule has 2 saturated heterocycles. The highest BCUT2D eigenvalue weighted by atomic mass is 28.4. The van der Waals surface area contributed by atoms with E-state index in [0.717, 1.165) is 0 Å². The molecule has 0 N–H and O–H groups in total. The largest absolute Gasteiger partial charge is 0.435 e. The van der Waals surface area contributed by atoms with Gasteiger partial charge in [0.2, 0.25) is 11.6 Å². The number of halogens is 1. The molecule has 0 radical (unpaired) electrons. The Bertz CT molecular complexity index is 996. The topological polar surface area (TPSA) is 65.1 Å². The number of carbonyl (C=O) groups is 2. The van der Waals surface area contributed by atoms with Crippen LogP contribution in [-0.2, 0) is 22.9 Å². The highest BCUT2D eigenvalue weighted by Gasteiger charge is 2.66. The summed E-state index contributed by atoms with van der Waals surface area (Å²) in [6, 6.07) is 0.544. The smallest absolute Gasteiger partial charge is 0.333 e. The first-order valence-electron chi connectivity index (χ1n) is 14.1. The number of alkyl halides is 1. The van der Waals surface area contributed by atoms with Crippen molar-refractivity contribution in [2.75, 3.05) is 6.61 Å². The third-order valence-electron chi connectivity index (χ3n) is 8.49. The van der Waals surface area contributed by atoms with E-state index in [0.29, 0.717) is 6.04 Å². The molecule has 1 amide bonds. The second kappa shape index (κ2) is 11.1. The van der Waals surface area contributed by atoms with E-state index in [9.17, 15) is 9.59 Å². The summed E-state index contributed by atoms with van der Waals surface area (Å²) in [5.41, 5.74) is 1.99. The van der Waals surface area contributed by atoms with Crippen molar-refractivity contribution in [3.8, 4) is 11.5 Å². The average molecular weight is 582 g/mol. The van der Waals surface area contributed by atoms with Crippen molar-refractivity contribution in [2.45, 2.75) is 128 Å². The summed E-state index contributed by atoms with van der Waals surface area (Å²) in [6.07, 6.45) is 0.596. The van der Waals surface area contributed by atoms with Gasteiger partial charge in [0.25, 0.3) is 0 Å². The highest BCUT2D eigenvalue weighted by molar-refractivity contribution is 6.87. The Balaban J connectivity index is 2.23. The van der Waals surface area contributed by atoms with E-state index < -0.39 is 54.8 Å². The molecule has 0 unspecified atom stereocenters. The number of ether oxygens (including phenoxy) is 1. The van der Waals surface area contributed by atoms with Crippen molar-refractivity contribution >= 4 is 36.6 Å². The van der Waals surface area contributed by atoms with Gasteiger partial charge in [0.1, 0.15) is 8.07 Å². The summed E-state index contributed by atoms with van der Waals surface area (Å²) in [5.74, 6) is 1.67. The van der Waals surface area contributed by atoms with Gasteiger partial charge in [0, 0.05) is 12.1 Å². The zero-order valence-corrected chi connectivity index (χ0v) is 28.2. The standard InChI is InChI=1S/C28H48FNO5Si3/c1-19(2)37(20(3)4)18-24-25(17-33-38(35-37,21(5)6)22(7)8)34-27(28(24,29)13-15-36(9,10)11)30-14-12-23(31)16-26(30)32/h12,14,19-22,24-25,27H,16-18H2,1-11H3/t24-,25-,27-,28-/m1/s1. The second-order valence-electron chi connectivity index (χ2n) is 13.6. The monoisotopic (exact) mass is 581 g/mol. The number of rotatable bonds is 5. The predicted octanol–water partition coefficient (Wildman–Crippen LogP) is 6.31. The molecule has 0 aromatic carbocycles. The summed E-state index contributed by atoms with van der Waals surface area (Å²) < 4.78 is 38.5. The molecule has 0 saturated carbocycles. The molecule has 0 bridgehead atoms. The predicted molar refractivity (Wildman–Crippen MR) is 156 cm³/mol. The van der Waals surface area contributed by atoms with Crippen molar-refractivity contribution in [1.82, 2.24) is 4.90 Å². The molecule has 3 rings (SSSR count). The summed E-state index contributed by atoms with van der Waals surface area (Å²) in [7, 11) is -7.35. The zero-order chi connectivity index (χ0) is 28.8. The highest BCUT2D eigenvalue weighted by Crippen LogP contribution is 2.54. The van der Waals surface area contributed by atoms with Gasteiger partial charge in [-0.05, 0) is 34.3 Å². The van der Waals surface area contributed by atoms with Crippen molar-refractivity contribution in [3.05, 3.63) is 12.3 Å². The Kier molecular flexibility index (Phi) is 9.14. The number of allylic oxidation sites excluding steroid dienone is 1. The minimum Gasteiger partial charge on any atom is -0.435 e. The maximum Gasteiger partial charge on any atom is 0.333 e. The number of ketones is 1. The van der Waals surface area contributed by atoms with Crippen molar-refractivity contribution in [3.63, 3.8) is 0 Å². The number of nitrogens with zero attached hydrogens (tertiary/aromatic N) is 1. The van der Waals surface area contributed by atoms with Gasteiger partial charge in [-0.1, -0.05) is 81.0 Å². The first-order chi connectivity index (χ1) is 17.4. The second-order valence-corrected chi connectivity index (χ2v) is 27.8. The number of carbonyl (C=O) groups excluding carboxylic acids is 2. The summed E-state index contributed by atoms with van der Waals surface area (Å²) in [5, 5.41) is 0. The lowest BCUT2D eigenvalue weighted by molar-refractivity contribution is -0.148. The van der Waals surface area contributed by atoms with Gasteiger partial charge in [-0.3, -0.25) is 14.5 Å². The summed E-state index contributed by atoms with van der Waals surface area (Å²) in [6.45, 7) is 23.9. The maximum absolute atomic E-state index is 17.7. The van der Waals surface area contributed by atoms with Crippen LogP contribution in [0.2, 0.25) is 47.8 Å². The molecule has 0 aromatic rings.